The molecule has 2 nitrogen and oxygen atoms in total. The molecule has 1 rings (SSSR count). The van der Waals surface area contributed by atoms with Crippen LogP contribution in [0, 0.1) is 0 Å². The van der Waals surface area contributed by atoms with Crippen molar-refractivity contribution in [1.82, 2.24) is 0 Å². The predicted molar refractivity (Wildman–Crippen MR) is 81.7 cm³/mol. The molecule has 0 aliphatic carbocycles. The van der Waals surface area contributed by atoms with Gasteiger partial charge in [0.1, 0.15) is 6.42 Å². The van der Waals surface area contributed by atoms with Crippen LogP contribution in [0.1, 0.15) is 6.42 Å². The maximum absolute atomic E-state index is 12.1. The SMILES string of the molecule is C=C[Si](C=C)(C=C)c1cccc(NC(=O)CC(F)(F)F)c1. The Hall–Kier alpha value is -2.08. The predicted octanol–water partition coefficient (Wildman–Crippen LogP) is 3.41. The minimum atomic E-state index is -4.52. The van der Waals surface area contributed by atoms with Crippen LogP contribution >= 0.6 is 0 Å². The Balaban J connectivity index is 3.01. The number of carbonyl (C=O) groups excluding carboxylic acids is 1. The number of hydrogen-bond donors (Lipinski definition) is 1. The highest BCUT2D eigenvalue weighted by Crippen LogP contribution is 2.20. The van der Waals surface area contributed by atoms with E-state index in [-0.39, 0.29) is 0 Å². The van der Waals surface area contributed by atoms with Crippen molar-refractivity contribution in [2.75, 3.05) is 5.32 Å². The number of benzene rings is 1. The first kappa shape index (κ1) is 17.0. The van der Waals surface area contributed by atoms with Crippen LogP contribution in [-0.2, 0) is 4.79 Å². The third-order valence-electron chi connectivity index (χ3n) is 3.02. The molecule has 0 unspecified atom stereocenters. The molecule has 0 saturated heterocycles. The van der Waals surface area contributed by atoms with Crippen molar-refractivity contribution in [2.24, 2.45) is 0 Å². The van der Waals surface area contributed by atoms with E-state index in [1.165, 1.54) is 6.07 Å². The van der Waals surface area contributed by atoms with Crippen LogP contribution in [0.2, 0.25) is 0 Å². The number of amides is 1. The lowest BCUT2D eigenvalue weighted by Crippen LogP contribution is -2.42. The second kappa shape index (κ2) is 6.58. The lowest BCUT2D eigenvalue weighted by Gasteiger charge is -2.21. The van der Waals surface area contributed by atoms with E-state index in [1.54, 1.807) is 29.2 Å². The number of nitrogens with one attached hydrogen (secondary N) is 1. The molecule has 0 aliphatic rings. The van der Waals surface area contributed by atoms with Gasteiger partial charge in [-0.15, -0.1) is 19.7 Å². The van der Waals surface area contributed by atoms with Gasteiger partial charge in [-0.2, -0.15) is 13.2 Å². The molecule has 0 saturated carbocycles. The summed E-state index contributed by atoms with van der Waals surface area (Å²) in [5.74, 6) is -1.09. The first-order valence-electron chi connectivity index (χ1n) is 6.14. The zero-order valence-corrected chi connectivity index (χ0v) is 12.4. The van der Waals surface area contributed by atoms with Crippen molar-refractivity contribution in [3.8, 4) is 0 Å². The van der Waals surface area contributed by atoms with Crippen molar-refractivity contribution in [1.29, 1.82) is 0 Å². The summed E-state index contributed by atoms with van der Waals surface area (Å²) in [4.78, 5) is 11.3. The molecule has 0 fully saturated rings. The number of rotatable bonds is 6. The average molecular weight is 311 g/mol. The molecule has 0 bridgehead atoms. The highest BCUT2D eigenvalue weighted by molar-refractivity contribution is 7.03. The largest absolute Gasteiger partial charge is 0.397 e. The summed E-state index contributed by atoms with van der Waals surface area (Å²) in [6.07, 6.45) is -6.03. The molecule has 1 aromatic carbocycles. The normalized spacial score (nSPS) is 11.6. The van der Waals surface area contributed by atoms with Crippen LogP contribution in [0.25, 0.3) is 0 Å². The van der Waals surface area contributed by atoms with E-state index in [2.05, 4.69) is 25.1 Å². The molecule has 0 radical (unpaired) electrons. The van der Waals surface area contributed by atoms with Crippen LogP contribution in [0.15, 0.2) is 61.1 Å². The molecule has 0 heterocycles. The van der Waals surface area contributed by atoms with Gasteiger partial charge >= 0.3 is 6.18 Å². The van der Waals surface area contributed by atoms with Gasteiger partial charge in [0, 0.05) is 5.69 Å². The summed E-state index contributed by atoms with van der Waals surface area (Å²) < 4.78 is 36.4. The molecule has 0 aliphatic heterocycles. The van der Waals surface area contributed by atoms with Gasteiger partial charge in [0.2, 0.25) is 5.91 Å². The van der Waals surface area contributed by atoms with Gasteiger partial charge in [-0.1, -0.05) is 29.2 Å². The van der Waals surface area contributed by atoms with Gasteiger partial charge in [0.25, 0.3) is 0 Å². The van der Waals surface area contributed by atoms with E-state index in [1.807, 2.05) is 6.07 Å². The summed E-state index contributed by atoms with van der Waals surface area (Å²) in [5.41, 5.74) is 5.57. The zero-order valence-electron chi connectivity index (χ0n) is 11.4. The second-order valence-corrected chi connectivity index (χ2v) is 8.13. The number of halogens is 3. The van der Waals surface area contributed by atoms with Gasteiger partial charge < -0.3 is 5.32 Å². The number of alkyl halides is 3. The molecular weight excluding hydrogens is 295 g/mol. The summed E-state index contributed by atoms with van der Waals surface area (Å²) >= 11 is 0. The van der Waals surface area contributed by atoms with E-state index in [0.29, 0.717) is 5.69 Å². The Morgan fingerprint density at radius 3 is 2.24 bits per heavy atom. The van der Waals surface area contributed by atoms with E-state index in [4.69, 9.17) is 0 Å². The Bertz CT molecular complexity index is 545. The van der Waals surface area contributed by atoms with E-state index >= 15 is 0 Å². The lowest BCUT2D eigenvalue weighted by molar-refractivity contribution is -0.150. The Kier molecular flexibility index (Phi) is 5.32. The Labute approximate surface area is 122 Å². The first-order valence-corrected chi connectivity index (χ1v) is 8.37. The van der Waals surface area contributed by atoms with Gasteiger partial charge in [0.15, 0.2) is 8.07 Å². The fourth-order valence-corrected chi connectivity index (χ4v) is 3.85. The van der Waals surface area contributed by atoms with Crippen LogP contribution < -0.4 is 10.5 Å². The molecule has 1 N–H and O–H groups in total. The maximum atomic E-state index is 12.1. The first-order chi connectivity index (χ1) is 9.76. The topological polar surface area (TPSA) is 29.1 Å². The molecule has 0 aromatic heterocycles. The van der Waals surface area contributed by atoms with Crippen LogP contribution in [0.3, 0.4) is 0 Å². The molecule has 21 heavy (non-hydrogen) atoms. The summed E-state index contributed by atoms with van der Waals surface area (Å²) in [7, 11) is -2.30. The van der Waals surface area contributed by atoms with E-state index < -0.39 is 26.6 Å². The summed E-state index contributed by atoms with van der Waals surface area (Å²) in [6.45, 7) is 11.3. The fraction of sp³-hybridized carbons (Fsp3) is 0.133. The number of carbonyl (C=O) groups is 1. The summed E-state index contributed by atoms with van der Waals surface area (Å²) in [6, 6.07) is 6.64. The van der Waals surface area contributed by atoms with Gasteiger partial charge in [-0.25, -0.2) is 0 Å². The Morgan fingerprint density at radius 1 is 1.19 bits per heavy atom. The smallest absolute Gasteiger partial charge is 0.326 e. The third kappa shape index (κ3) is 4.46. The second-order valence-electron chi connectivity index (χ2n) is 4.47. The van der Waals surface area contributed by atoms with Gasteiger partial charge in [0.05, 0.1) is 0 Å². The lowest BCUT2D eigenvalue weighted by atomic mass is 10.3. The van der Waals surface area contributed by atoms with Crippen LogP contribution in [0.4, 0.5) is 18.9 Å². The molecule has 1 aromatic rings. The van der Waals surface area contributed by atoms with Gasteiger partial charge in [-0.3, -0.25) is 4.79 Å². The minimum Gasteiger partial charge on any atom is -0.326 e. The molecule has 1 amide bonds. The van der Waals surface area contributed by atoms with E-state index in [0.717, 1.165) is 5.19 Å². The van der Waals surface area contributed by atoms with E-state index in [9.17, 15) is 18.0 Å². The standard InChI is InChI=1S/C15H16F3NOSi/c1-4-21(5-2,6-3)13-9-7-8-12(10-13)19-14(20)11-15(16,17)18/h4-10H,1-3,11H2,(H,19,20). The number of anilines is 1. The van der Waals surface area contributed by atoms with Crippen molar-refractivity contribution < 1.29 is 18.0 Å². The zero-order chi connectivity index (χ0) is 16.1. The van der Waals surface area contributed by atoms with Crippen LogP contribution in [0.5, 0.6) is 0 Å². The Morgan fingerprint density at radius 2 is 1.76 bits per heavy atom. The van der Waals surface area contributed by atoms with Crippen molar-refractivity contribution in [3.63, 3.8) is 0 Å². The van der Waals surface area contributed by atoms with Gasteiger partial charge in [-0.05, 0) is 17.3 Å². The molecule has 0 spiro atoms. The van der Waals surface area contributed by atoms with Crippen molar-refractivity contribution >= 4 is 24.9 Å². The molecule has 0 atom stereocenters. The van der Waals surface area contributed by atoms with Crippen molar-refractivity contribution in [3.05, 3.63) is 61.1 Å². The maximum Gasteiger partial charge on any atom is 0.397 e. The molecular formula is C15H16F3NOSi. The highest BCUT2D eigenvalue weighted by atomic mass is 28.3. The average Bonchev–Trinajstić information content (AvgIpc) is 2.39. The monoisotopic (exact) mass is 311 g/mol. The quantitative estimate of drug-likeness (QED) is 0.802. The molecule has 6 heteroatoms. The summed E-state index contributed by atoms with van der Waals surface area (Å²) in [5, 5.41) is 3.08. The van der Waals surface area contributed by atoms with Crippen LogP contribution in [-0.4, -0.2) is 20.2 Å². The fourth-order valence-electron chi connectivity index (χ4n) is 1.86. The van der Waals surface area contributed by atoms with Crippen molar-refractivity contribution in [2.45, 2.75) is 12.6 Å². The third-order valence-corrected chi connectivity index (χ3v) is 6.36. The molecule has 112 valence electrons. The highest BCUT2D eigenvalue weighted by Gasteiger charge is 2.31. The minimum absolute atomic E-state index is 0.309. The number of hydrogen-bond acceptors (Lipinski definition) is 1.